The number of hydrogen-bond donors (Lipinski definition) is 1. The molecule has 0 saturated carbocycles. The molecule has 0 aliphatic carbocycles. The maximum atomic E-state index is 12.7. The summed E-state index contributed by atoms with van der Waals surface area (Å²) in [6.07, 6.45) is -4.62. The Morgan fingerprint density at radius 3 is 2.22 bits per heavy atom. The number of rotatable bonds is 3. The number of nitro groups is 1. The van der Waals surface area contributed by atoms with Gasteiger partial charge >= 0.3 is 6.18 Å². The number of para-hydroxylation sites is 1. The van der Waals surface area contributed by atoms with Crippen molar-refractivity contribution in [2.24, 2.45) is 5.73 Å². The van der Waals surface area contributed by atoms with Crippen LogP contribution in [0.3, 0.4) is 0 Å². The van der Waals surface area contributed by atoms with Crippen molar-refractivity contribution in [1.82, 2.24) is 0 Å². The van der Waals surface area contributed by atoms with Crippen molar-refractivity contribution in [2.45, 2.75) is 31.5 Å². The lowest BCUT2D eigenvalue weighted by Crippen LogP contribution is -2.51. The first kappa shape index (κ1) is 14.4. The molecule has 4 nitrogen and oxygen atoms in total. The van der Waals surface area contributed by atoms with Gasteiger partial charge in [-0.15, -0.1) is 0 Å². The van der Waals surface area contributed by atoms with Crippen LogP contribution in [-0.4, -0.2) is 17.1 Å². The van der Waals surface area contributed by atoms with Crippen molar-refractivity contribution < 1.29 is 18.1 Å². The van der Waals surface area contributed by atoms with Crippen molar-refractivity contribution in [3.05, 3.63) is 39.9 Å². The molecule has 2 N–H and O–H groups in total. The summed E-state index contributed by atoms with van der Waals surface area (Å²) in [6.45, 7) is 2.49. The highest BCUT2D eigenvalue weighted by Crippen LogP contribution is 2.38. The molecular formula is C11H13F3N2O2. The van der Waals surface area contributed by atoms with Crippen LogP contribution in [-0.2, 0) is 5.41 Å². The monoisotopic (exact) mass is 262 g/mol. The number of nitrogens with two attached hydrogens (primary N) is 1. The summed E-state index contributed by atoms with van der Waals surface area (Å²) in [6, 6.07) is 3.14. The topological polar surface area (TPSA) is 69.2 Å². The molecule has 18 heavy (non-hydrogen) atoms. The Kier molecular flexibility index (Phi) is 3.66. The van der Waals surface area contributed by atoms with E-state index in [9.17, 15) is 23.3 Å². The van der Waals surface area contributed by atoms with Crippen molar-refractivity contribution in [2.75, 3.05) is 0 Å². The molecule has 1 aromatic rings. The summed E-state index contributed by atoms with van der Waals surface area (Å²) in [5.41, 5.74) is 3.21. The zero-order valence-corrected chi connectivity index (χ0v) is 9.86. The van der Waals surface area contributed by atoms with Gasteiger partial charge in [-0.1, -0.05) is 32.0 Å². The molecule has 0 spiro atoms. The highest BCUT2D eigenvalue weighted by atomic mass is 19.4. The quantitative estimate of drug-likeness (QED) is 0.672. The Labute approximate surface area is 102 Å². The smallest absolute Gasteiger partial charge is 0.319 e. The van der Waals surface area contributed by atoms with Gasteiger partial charge in [-0.05, 0) is 0 Å². The average Bonchev–Trinajstić information content (AvgIpc) is 2.26. The van der Waals surface area contributed by atoms with Crippen molar-refractivity contribution in [3.63, 3.8) is 0 Å². The van der Waals surface area contributed by atoms with E-state index in [1.54, 1.807) is 0 Å². The van der Waals surface area contributed by atoms with Gasteiger partial charge in [0.15, 0.2) is 0 Å². The van der Waals surface area contributed by atoms with Crippen LogP contribution >= 0.6 is 0 Å². The summed E-state index contributed by atoms with van der Waals surface area (Å²) in [5, 5.41) is 10.8. The van der Waals surface area contributed by atoms with Crippen molar-refractivity contribution in [3.8, 4) is 0 Å². The van der Waals surface area contributed by atoms with Crippen LogP contribution < -0.4 is 5.73 Å². The molecule has 1 aromatic carbocycles. The summed E-state index contributed by atoms with van der Waals surface area (Å²) < 4.78 is 38.0. The van der Waals surface area contributed by atoms with E-state index in [1.807, 2.05) is 0 Å². The van der Waals surface area contributed by atoms with E-state index in [2.05, 4.69) is 0 Å². The Hall–Kier alpha value is -1.63. The van der Waals surface area contributed by atoms with Crippen LogP contribution in [0.2, 0.25) is 0 Å². The van der Waals surface area contributed by atoms with Gasteiger partial charge in [-0.25, -0.2) is 0 Å². The zero-order valence-electron chi connectivity index (χ0n) is 9.86. The van der Waals surface area contributed by atoms with E-state index >= 15 is 0 Å². The fraction of sp³-hybridized carbons (Fsp3) is 0.455. The average molecular weight is 262 g/mol. The molecule has 1 atom stereocenters. The molecule has 100 valence electrons. The van der Waals surface area contributed by atoms with E-state index in [1.165, 1.54) is 38.1 Å². The first-order valence-corrected chi connectivity index (χ1v) is 5.14. The van der Waals surface area contributed by atoms with Crippen LogP contribution in [0.1, 0.15) is 19.4 Å². The van der Waals surface area contributed by atoms with Gasteiger partial charge in [-0.3, -0.25) is 10.1 Å². The maximum Gasteiger partial charge on any atom is 0.404 e. The predicted octanol–water partition coefficient (Wildman–Crippen LogP) is 2.76. The summed E-state index contributed by atoms with van der Waals surface area (Å²) in [7, 11) is 0. The molecular weight excluding hydrogens is 249 g/mol. The van der Waals surface area contributed by atoms with Crippen LogP contribution in [0, 0.1) is 10.1 Å². The molecule has 0 aliphatic rings. The Balaban J connectivity index is 3.32. The molecule has 1 rings (SSSR count). The zero-order chi connectivity index (χ0) is 14.1. The lowest BCUT2D eigenvalue weighted by atomic mass is 9.77. The number of benzene rings is 1. The fourth-order valence-electron chi connectivity index (χ4n) is 1.75. The lowest BCUT2D eigenvalue weighted by molar-refractivity contribution is -0.386. The standard InChI is InChI=1S/C11H13F3N2O2/c1-10(2,9(15)11(12,13)14)7-5-3-4-6-8(7)16(17)18/h3-6,9H,15H2,1-2H3. The SMILES string of the molecule is CC(C)(c1ccccc1[N+](=O)[O-])C(N)C(F)(F)F. The lowest BCUT2D eigenvalue weighted by Gasteiger charge is -2.32. The molecule has 0 aliphatic heterocycles. The Morgan fingerprint density at radius 1 is 1.28 bits per heavy atom. The Morgan fingerprint density at radius 2 is 1.78 bits per heavy atom. The van der Waals surface area contributed by atoms with Crippen LogP contribution in [0.15, 0.2) is 24.3 Å². The molecule has 0 amide bonds. The highest BCUT2D eigenvalue weighted by molar-refractivity contribution is 5.45. The second kappa shape index (κ2) is 4.56. The van der Waals surface area contributed by atoms with E-state index in [-0.39, 0.29) is 11.3 Å². The third kappa shape index (κ3) is 2.61. The van der Waals surface area contributed by atoms with Crippen molar-refractivity contribution >= 4 is 5.69 Å². The third-order valence-corrected chi connectivity index (χ3v) is 2.93. The minimum Gasteiger partial charge on any atom is -0.319 e. The second-order valence-corrected chi connectivity index (χ2v) is 4.52. The van der Waals surface area contributed by atoms with Gasteiger partial charge in [-0.2, -0.15) is 13.2 Å². The third-order valence-electron chi connectivity index (χ3n) is 2.93. The van der Waals surface area contributed by atoms with Crippen molar-refractivity contribution in [1.29, 1.82) is 0 Å². The normalized spacial score (nSPS) is 14.3. The number of hydrogen-bond acceptors (Lipinski definition) is 3. The summed E-state index contributed by atoms with van der Waals surface area (Å²) in [5.74, 6) is 0. The summed E-state index contributed by atoms with van der Waals surface area (Å²) >= 11 is 0. The number of nitrogens with zero attached hydrogens (tertiary/aromatic N) is 1. The maximum absolute atomic E-state index is 12.7. The number of nitro benzene ring substituents is 1. The largest absolute Gasteiger partial charge is 0.404 e. The minimum atomic E-state index is -4.62. The molecule has 0 fully saturated rings. The summed E-state index contributed by atoms with van der Waals surface area (Å²) in [4.78, 5) is 10.1. The molecule has 0 aromatic heterocycles. The molecule has 0 saturated heterocycles. The van der Waals surface area contributed by atoms with Gasteiger partial charge in [0.25, 0.3) is 5.69 Å². The number of halogens is 3. The molecule has 0 bridgehead atoms. The molecule has 7 heteroatoms. The van der Waals surface area contributed by atoms with E-state index in [0.717, 1.165) is 0 Å². The van der Waals surface area contributed by atoms with E-state index in [0.29, 0.717) is 0 Å². The van der Waals surface area contributed by atoms with Gasteiger partial charge in [0.1, 0.15) is 6.04 Å². The van der Waals surface area contributed by atoms with Gasteiger partial charge in [0.2, 0.25) is 0 Å². The van der Waals surface area contributed by atoms with Crippen LogP contribution in [0.5, 0.6) is 0 Å². The highest BCUT2D eigenvalue weighted by Gasteiger charge is 2.49. The molecule has 0 heterocycles. The molecule has 1 unspecified atom stereocenters. The van der Waals surface area contributed by atoms with Crippen LogP contribution in [0.25, 0.3) is 0 Å². The van der Waals surface area contributed by atoms with Gasteiger partial charge < -0.3 is 5.73 Å². The number of alkyl halides is 3. The predicted molar refractivity (Wildman–Crippen MR) is 60.2 cm³/mol. The molecule has 0 radical (unpaired) electrons. The van der Waals surface area contributed by atoms with Crippen LogP contribution in [0.4, 0.5) is 18.9 Å². The van der Waals surface area contributed by atoms with E-state index < -0.39 is 22.6 Å². The van der Waals surface area contributed by atoms with Gasteiger partial charge in [0, 0.05) is 17.0 Å². The van der Waals surface area contributed by atoms with E-state index in [4.69, 9.17) is 5.73 Å². The fourth-order valence-corrected chi connectivity index (χ4v) is 1.75. The minimum absolute atomic E-state index is 0.0279. The Bertz CT molecular complexity index is 458. The second-order valence-electron chi connectivity index (χ2n) is 4.52. The van der Waals surface area contributed by atoms with Gasteiger partial charge in [0.05, 0.1) is 4.92 Å². The first-order valence-electron chi connectivity index (χ1n) is 5.14. The first-order chi connectivity index (χ1) is 8.08.